The van der Waals surface area contributed by atoms with Crippen LogP contribution in [-0.2, 0) is 20.9 Å². The molecule has 0 radical (unpaired) electrons. The highest BCUT2D eigenvalue weighted by molar-refractivity contribution is 5.95. The molecule has 0 aliphatic carbocycles. The largest absolute Gasteiger partial charge is 0.383 e. The van der Waals surface area contributed by atoms with Crippen molar-refractivity contribution >= 4 is 29.9 Å². The lowest BCUT2D eigenvalue weighted by atomic mass is 10.2. The molecule has 0 bridgehead atoms. The van der Waals surface area contributed by atoms with Crippen LogP contribution in [0.3, 0.4) is 0 Å². The normalized spacial score (nSPS) is 13.8. The molecular formula is C16H24ClN3O3. The smallest absolute Gasteiger partial charge is 0.234 e. The average Bonchev–Trinajstić information content (AvgIpc) is 2.96. The topological polar surface area (TPSA) is 70.7 Å². The highest BCUT2D eigenvalue weighted by Crippen LogP contribution is 2.21. The van der Waals surface area contributed by atoms with Crippen LogP contribution in [0.25, 0.3) is 0 Å². The third-order valence-electron chi connectivity index (χ3n) is 3.58. The van der Waals surface area contributed by atoms with Crippen LogP contribution in [0.4, 0.5) is 5.69 Å². The van der Waals surface area contributed by atoms with E-state index in [0.29, 0.717) is 26.1 Å². The first-order valence-electron chi connectivity index (χ1n) is 7.56. The van der Waals surface area contributed by atoms with E-state index in [1.807, 2.05) is 29.2 Å². The van der Waals surface area contributed by atoms with E-state index in [2.05, 4.69) is 10.6 Å². The van der Waals surface area contributed by atoms with Crippen LogP contribution in [0.1, 0.15) is 18.4 Å². The van der Waals surface area contributed by atoms with Crippen molar-refractivity contribution in [1.82, 2.24) is 10.6 Å². The molecule has 1 aliphatic rings. The second kappa shape index (κ2) is 10.2. The molecule has 23 heavy (non-hydrogen) atoms. The van der Waals surface area contributed by atoms with Crippen molar-refractivity contribution in [1.29, 1.82) is 0 Å². The summed E-state index contributed by atoms with van der Waals surface area (Å²) in [6.45, 7) is 2.80. The summed E-state index contributed by atoms with van der Waals surface area (Å²) in [5.41, 5.74) is 1.94. The summed E-state index contributed by atoms with van der Waals surface area (Å²) in [5, 5.41) is 5.84. The van der Waals surface area contributed by atoms with Crippen molar-refractivity contribution in [2.75, 3.05) is 38.3 Å². The van der Waals surface area contributed by atoms with Crippen molar-refractivity contribution in [3.05, 3.63) is 29.8 Å². The molecule has 0 atom stereocenters. The quantitative estimate of drug-likeness (QED) is 0.694. The van der Waals surface area contributed by atoms with Crippen LogP contribution in [0.15, 0.2) is 24.3 Å². The number of amides is 2. The van der Waals surface area contributed by atoms with Crippen LogP contribution in [0.5, 0.6) is 0 Å². The summed E-state index contributed by atoms with van der Waals surface area (Å²) < 4.78 is 4.89. The molecule has 0 saturated carbocycles. The number of nitrogens with one attached hydrogen (secondary N) is 2. The maximum absolute atomic E-state index is 11.7. The minimum atomic E-state index is -0.0464. The van der Waals surface area contributed by atoms with Crippen molar-refractivity contribution in [2.45, 2.75) is 19.4 Å². The number of hydrogen-bond donors (Lipinski definition) is 2. The van der Waals surface area contributed by atoms with Gasteiger partial charge in [-0.05, 0) is 24.1 Å². The van der Waals surface area contributed by atoms with Gasteiger partial charge < -0.3 is 20.3 Å². The zero-order chi connectivity index (χ0) is 15.8. The Balaban J connectivity index is 0.00000264. The first-order valence-corrected chi connectivity index (χ1v) is 7.56. The highest BCUT2D eigenvalue weighted by Gasteiger charge is 2.21. The van der Waals surface area contributed by atoms with Gasteiger partial charge in [0.05, 0.1) is 13.2 Å². The van der Waals surface area contributed by atoms with Gasteiger partial charge >= 0.3 is 0 Å². The van der Waals surface area contributed by atoms with Crippen LogP contribution in [0, 0.1) is 0 Å². The minimum Gasteiger partial charge on any atom is -0.383 e. The van der Waals surface area contributed by atoms with Gasteiger partial charge in [0.2, 0.25) is 11.8 Å². The Morgan fingerprint density at radius 3 is 2.65 bits per heavy atom. The summed E-state index contributed by atoms with van der Waals surface area (Å²) in [4.78, 5) is 25.1. The van der Waals surface area contributed by atoms with E-state index in [0.717, 1.165) is 24.2 Å². The number of hydrogen-bond acceptors (Lipinski definition) is 4. The van der Waals surface area contributed by atoms with Crippen LogP contribution in [-0.4, -0.2) is 45.2 Å². The lowest BCUT2D eigenvalue weighted by Crippen LogP contribution is -2.34. The van der Waals surface area contributed by atoms with Gasteiger partial charge in [0.15, 0.2) is 0 Å². The maximum Gasteiger partial charge on any atom is 0.234 e. The molecule has 2 rings (SSSR count). The predicted octanol–water partition coefficient (Wildman–Crippen LogP) is 1.09. The second-order valence-electron chi connectivity index (χ2n) is 5.26. The Hall–Kier alpha value is -1.63. The Morgan fingerprint density at radius 1 is 1.30 bits per heavy atom. The number of nitrogens with zero attached hydrogens (tertiary/aromatic N) is 1. The summed E-state index contributed by atoms with van der Waals surface area (Å²) >= 11 is 0. The molecule has 0 unspecified atom stereocenters. The summed E-state index contributed by atoms with van der Waals surface area (Å²) in [7, 11) is 1.63. The van der Waals surface area contributed by atoms with E-state index in [9.17, 15) is 9.59 Å². The fourth-order valence-electron chi connectivity index (χ4n) is 2.35. The van der Waals surface area contributed by atoms with E-state index < -0.39 is 0 Å². The first kappa shape index (κ1) is 19.4. The SMILES string of the molecule is COCCNCC(=O)NCc1ccc(N2CCCC2=O)cc1.Cl. The zero-order valence-corrected chi connectivity index (χ0v) is 14.2. The molecule has 1 aromatic carbocycles. The van der Waals surface area contributed by atoms with Gasteiger partial charge in [0.1, 0.15) is 0 Å². The summed E-state index contributed by atoms with van der Waals surface area (Å²) in [6, 6.07) is 7.75. The molecule has 1 fully saturated rings. The monoisotopic (exact) mass is 341 g/mol. The van der Waals surface area contributed by atoms with E-state index >= 15 is 0 Å². The van der Waals surface area contributed by atoms with Crippen molar-refractivity contribution in [2.24, 2.45) is 0 Å². The Labute approximate surface area is 143 Å². The third kappa shape index (κ3) is 6.17. The van der Waals surface area contributed by atoms with Gasteiger partial charge in [-0.2, -0.15) is 0 Å². The Morgan fingerprint density at radius 2 is 2.04 bits per heavy atom. The van der Waals surface area contributed by atoms with Gasteiger partial charge in [0, 0.05) is 38.9 Å². The van der Waals surface area contributed by atoms with Crippen molar-refractivity contribution in [3.8, 4) is 0 Å². The molecule has 7 heteroatoms. The lowest BCUT2D eigenvalue weighted by Gasteiger charge is -2.16. The average molecular weight is 342 g/mol. The van der Waals surface area contributed by atoms with Gasteiger partial charge in [-0.15, -0.1) is 12.4 Å². The fourth-order valence-corrected chi connectivity index (χ4v) is 2.35. The Kier molecular flexibility index (Phi) is 8.61. The summed E-state index contributed by atoms with van der Waals surface area (Å²) in [5.74, 6) is 0.137. The van der Waals surface area contributed by atoms with E-state index in [-0.39, 0.29) is 30.8 Å². The Bertz CT molecular complexity index is 508. The third-order valence-corrected chi connectivity index (χ3v) is 3.58. The number of methoxy groups -OCH3 is 1. The van der Waals surface area contributed by atoms with Gasteiger partial charge in [-0.3, -0.25) is 9.59 Å². The molecule has 6 nitrogen and oxygen atoms in total. The van der Waals surface area contributed by atoms with Crippen LogP contribution in [0.2, 0.25) is 0 Å². The molecule has 1 aliphatic heterocycles. The van der Waals surface area contributed by atoms with E-state index in [4.69, 9.17) is 4.74 Å². The molecular weight excluding hydrogens is 318 g/mol. The zero-order valence-electron chi connectivity index (χ0n) is 13.3. The van der Waals surface area contributed by atoms with Crippen molar-refractivity contribution < 1.29 is 14.3 Å². The molecule has 0 aromatic heterocycles. The number of rotatable bonds is 8. The van der Waals surface area contributed by atoms with Gasteiger partial charge in [0.25, 0.3) is 0 Å². The standard InChI is InChI=1S/C16H23N3O3.ClH/c1-22-10-8-17-12-15(20)18-11-13-4-6-14(7-5-13)19-9-2-3-16(19)21;/h4-7,17H,2-3,8-12H2,1H3,(H,18,20);1H. The van der Waals surface area contributed by atoms with E-state index in [1.54, 1.807) is 7.11 Å². The minimum absolute atomic E-state index is 0. The lowest BCUT2D eigenvalue weighted by molar-refractivity contribution is -0.120. The molecule has 1 saturated heterocycles. The maximum atomic E-state index is 11.7. The first-order chi connectivity index (χ1) is 10.7. The molecule has 2 amide bonds. The molecule has 128 valence electrons. The number of ether oxygens (including phenoxy) is 1. The summed E-state index contributed by atoms with van der Waals surface area (Å²) in [6.07, 6.45) is 1.56. The highest BCUT2D eigenvalue weighted by atomic mass is 35.5. The number of halogens is 1. The van der Waals surface area contributed by atoms with Gasteiger partial charge in [-0.25, -0.2) is 0 Å². The van der Waals surface area contributed by atoms with E-state index in [1.165, 1.54) is 0 Å². The van der Waals surface area contributed by atoms with Gasteiger partial charge in [-0.1, -0.05) is 12.1 Å². The fraction of sp³-hybridized carbons (Fsp3) is 0.500. The predicted molar refractivity (Wildman–Crippen MR) is 91.9 cm³/mol. The van der Waals surface area contributed by atoms with Crippen LogP contribution < -0.4 is 15.5 Å². The number of anilines is 1. The number of carbonyl (C=O) groups is 2. The number of carbonyl (C=O) groups excluding carboxylic acids is 2. The molecule has 1 heterocycles. The van der Waals surface area contributed by atoms with Crippen molar-refractivity contribution in [3.63, 3.8) is 0 Å². The second-order valence-corrected chi connectivity index (χ2v) is 5.26. The molecule has 2 N–H and O–H groups in total. The molecule has 1 aromatic rings. The van der Waals surface area contributed by atoms with Crippen LogP contribution >= 0.6 is 12.4 Å². The number of benzene rings is 1. The molecule has 0 spiro atoms.